The second-order valence-corrected chi connectivity index (χ2v) is 4.03. The maximum atomic E-state index is 13.4. The van der Waals surface area contributed by atoms with Crippen LogP contribution >= 0.6 is 0 Å². The third-order valence-corrected chi connectivity index (χ3v) is 2.62. The van der Waals surface area contributed by atoms with E-state index in [-0.39, 0.29) is 0 Å². The summed E-state index contributed by atoms with van der Waals surface area (Å²) in [4.78, 5) is 0. The Kier molecular flexibility index (Phi) is 4.31. The minimum Gasteiger partial charge on any atom is -0.530 e. The van der Waals surface area contributed by atoms with Crippen molar-refractivity contribution in [3.8, 4) is 5.75 Å². The molecule has 0 radical (unpaired) electrons. The predicted octanol–water partition coefficient (Wildman–Crippen LogP) is 2.43. The molecule has 1 N–H and O–H groups in total. The van der Waals surface area contributed by atoms with E-state index in [1.54, 1.807) is 0 Å². The summed E-state index contributed by atoms with van der Waals surface area (Å²) >= 11 is 0. The van der Waals surface area contributed by atoms with Crippen LogP contribution in [0.15, 0.2) is 18.2 Å². The normalized spacial score (nSPS) is 10.7. The van der Waals surface area contributed by atoms with Gasteiger partial charge in [0.05, 0.1) is 5.46 Å². The zero-order valence-electron chi connectivity index (χ0n) is 10.3. The first-order valence-corrected chi connectivity index (χ1v) is 5.55. The molecule has 10 heteroatoms. The summed E-state index contributed by atoms with van der Waals surface area (Å²) in [6.45, 7) is 0. The van der Waals surface area contributed by atoms with Gasteiger partial charge in [0.15, 0.2) is 34.9 Å². The highest BCUT2D eigenvalue weighted by Gasteiger charge is 2.35. The number of hydrogen-bond donors (Lipinski definition) is 1. The van der Waals surface area contributed by atoms with Crippen molar-refractivity contribution in [2.45, 2.75) is 0 Å². The molecular formula is C12H4BF7O2. The van der Waals surface area contributed by atoms with Gasteiger partial charge in [0.2, 0.25) is 0 Å². The number of hydrogen-bond acceptors (Lipinski definition) is 2. The molecule has 0 atom stereocenters. The molecule has 0 bridgehead atoms. The van der Waals surface area contributed by atoms with E-state index in [1.165, 1.54) is 0 Å². The van der Waals surface area contributed by atoms with Crippen LogP contribution in [0.25, 0.3) is 0 Å². The summed E-state index contributed by atoms with van der Waals surface area (Å²) in [5.41, 5.74) is -1.69. The Bertz CT molecular complexity index is 709. The van der Waals surface area contributed by atoms with Gasteiger partial charge in [0.25, 0.3) is 0 Å². The molecule has 2 aromatic rings. The molecule has 0 spiro atoms. The molecular weight excluding hydrogens is 320 g/mol. The predicted molar refractivity (Wildman–Crippen MR) is 60.8 cm³/mol. The fraction of sp³-hybridized carbons (Fsp3) is 0. The van der Waals surface area contributed by atoms with E-state index in [2.05, 4.69) is 4.65 Å². The molecule has 0 saturated heterocycles. The molecule has 0 aromatic heterocycles. The standard InChI is InChI=1S/C12H4BF7O2/c14-4-1-2-6(5(15)3-4)22-13(21)7-8(16)10(18)12(20)11(19)9(7)17/h1-3,21H. The van der Waals surface area contributed by atoms with Crippen LogP contribution in [-0.4, -0.2) is 12.1 Å². The molecule has 0 fully saturated rings. The van der Waals surface area contributed by atoms with Crippen molar-refractivity contribution in [3.05, 3.63) is 58.9 Å². The van der Waals surface area contributed by atoms with Crippen LogP contribution in [0.3, 0.4) is 0 Å². The minimum atomic E-state index is -2.70. The average molecular weight is 324 g/mol. The SMILES string of the molecule is OB(Oc1ccc(F)cc1F)c1c(F)c(F)c(F)c(F)c1F. The smallest absolute Gasteiger partial charge is 0.530 e. The lowest BCUT2D eigenvalue weighted by Crippen LogP contribution is -2.43. The zero-order valence-corrected chi connectivity index (χ0v) is 10.3. The van der Waals surface area contributed by atoms with Crippen molar-refractivity contribution in [2.75, 3.05) is 0 Å². The molecule has 0 aliphatic carbocycles. The summed E-state index contributed by atoms with van der Waals surface area (Å²) in [7, 11) is -2.70. The number of rotatable bonds is 3. The van der Waals surface area contributed by atoms with Gasteiger partial charge in [-0.1, -0.05) is 0 Å². The van der Waals surface area contributed by atoms with Gasteiger partial charge in [0.1, 0.15) is 11.6 Å². The molecule has 0 aliphatic heterocycles. The Balaban J connectivity index is 2.44. The lowest BCUT2D eigenvalue weighted by Gasteiger charge is -2.13. The molecule has 2 nitrogen and oxygen atoms in total. The Labute approximate surface area is 118 Å². The number of benzene rings is 2. The van der Waals surface area contributed by atoms with Crippen molar-refractivity contribution >= 4 is 12.6 Å². The van der Waals surface area contributed by atoms with Gasteiger partial charge in [0, 0.05) is 6.07 Å². The van der Waals surface area contributed by atoms with Gasteiger partial charge in [-0.25, -0.2) is 30.7 Å². The van der Waals surface area contributed by atoms with Crippen molar-refractivity contribution in [2.24, 2.45) is 0 Å². The van der Waals surface area contributed by atoms with E-state index in [0.717, 1.165) is 0 Å². The summed E-state index contributed by atoms with van der Waals surface area (Å²) in [6, 6.07) is 1.70. The highest BCUT2D eigenvalue weighted by Crippen LogP contribution is 2.20. The largest absolute Gasteiger partial charge is 0.566 e. The zero-order chi connectivity index (χ0) is 16.6. The van der Waals surface area contributed by atoms with Crippen LogP contribution in [0.2, 0.25) is 0 Å². The summed E-state index contributed by atoms with van der Waals surface area (Å²) in [5, 5.41) is 9.45. The maximum Gasteiger partial charge on any atom is 0.566 e. The molecule has 0 amide bonds. The molecule has 22 heavy (non-hydrogen) atoms. The van der Waals surface area contributed by atoms with Crippen LogP contribution in [0, 0.1) is 40.7 Å². The van der Waals surface area contributed by atoms with E-state index < -0.39 is 59.1 Å². The van der Waals surface area contributed by atoms with Gasteiger partial charge >= 0.3 is 7.12 Å². The summed E-state index contributed by atoms with van der Waals surface area (Å²) in [5.74, 6) is -14.9. The van der Waals surface area contributed by atoms with Crippen LogP contribution in [0.5, 0.6) is 5.75 Å². The lowest BCUT2D eigenvalue weighted by atomic mass is 9.78. The van der Waals surface area contributed by atoms with Crippen molar-refractivity contribution < 1.29 is 40.4 Å². The highest BCUT2D eigenvalue weighted by molar-refractivity contribution is 6.60. The molecule has 0 heterocycles. The van der Waals surface area contributed by atoms with E-state index in [0.29, 0.717) is 18.2 Å². The molecule has 2 aromatic carbocycles. The first-order valence-electron chi connectivity index (χ1n) is 5.55. The van der Waals surface area contributed by atoms with Crippen molar-refractivity contribution in [3.63, 3.8) is 0 Å². The summed E-state index contributed by atoms with van der Waals surface area (Å²) in [6.07, 6.45) is 0. The summed E-state index contributed by atoms with van der Waals surface area (Å²) < 4.78 is 95.9. The average Bonchev–Trinajstić information content (AvgIpc) is 2.46. The molecule has 0 aliphatic rings. The lowest BCUT2D eigenvalue weighted by molar-refractivity contribution is 0.371. The highest BCUT2D eigenvalue weighted by atomic mass is 19.2. The Morgan fingerprint density at radius 3 is 1.77 bits per heavy atom. The van der Waals surface area contributed by atoms with E-state index in [4.69, 9.17) is 0 Å². The topological polar surface area (TPSA) is 29.5 Å². The van der Waals surface area contributed by atoms with Crippen molar-refractivity contribution in [1.82, 2.24) is 0 Å². The van der Waals surface area contributed by atoms with Gasteiger partial charge < -0.3 is 9.68 Å². The molecule has 116 valence electrons. The van der Waals surface area contributed by atoms with Gasteiger partial charge in [-0.2, -0.15) is 0 Å². The Hall–Kier alpha value is -2.23. The second kappa shape index (κ2) is 5.88. The maximum absolute atomic E-state index is 13.4. The second-order valence-electron chi connectivity index (χ2n) is 4.03. The fourth-order valence-electron chi connectivity index (χ4n) is 1.59. The van der Waals surface area contributed by atoms with Crippen LogP contribution in [0.4, 0.5) is 30.7 Å². The van der Waals surface area contributed by atoms with E-state index in [9.17, 15) is 35.8 Å². The minimum absolute atomic E-state index is 0.334. The molecule has 0 saturated carbocycles. The fourth-order valence-corrected chi connectivity index (χ4v) is 1.59. The van der Waals surface area contributed by atoms with E-state index >= 15 is 0 Å². The molecule has 0 unspecified atom stereocenters. The van der Waals surface area contributed by atoms with Crippen LogP contribution in [-0.2, 0) is 0 Å². The van der Waals surface area contributed by atoms with Crippen LogP contribution < -0.4 is 10.1 Å². The quantitative estimate of drug-likeness (QED) is 0.407. The van der Waals surface area contributed by atoms with Crippen LogP contribution in [0.1, 0.15) is 0 Å². The first kappa shape index (κ1) is 16.2. The first-order chi connectivity index (χ1) is 10.2. The van der Waals surface area contributed by atoms with E-state index in [1.807, 2.05) is 0 Å². The third-order valence-electron chi connectivity index (χ3n) is 2.62. The Morgan fingerprint density at radius 2 is 1.27 bits per heavy atom. The van der Waals surface area contributed by atoms with Gasteiger partial charge in [-0.3, -0.25) is 0 Å². The molecule has 2 rings (SSSR count). The Morgan fingerprint density at radius 1 is 0.773 bits per heavy atom. The van der Waals surface area contributed by atoms with Crippen molar-refractivity contribution in [1.29, 1.82) is 0 Å². The number of halogens is 7. The van der Waals surface area contributed by atoms with Gasteiger partial charge in [-0.05, 0) is 12.1 Å². The monoisotopic (exact) mass is 324 g/mol. The third kappa shape index (κ3) is 2.73. The van der Waals surface area contributed by atoms with Gasteiger partial charge in [-0.15, -0.1) is 0 Å².